The second-order valence-electron chi connectivity index (χ2n) is 3.24. The van der Waals surface area contributed by atoms with E-state index < -0.39 is 6.10 Å². The monoisotopic (exact) mass is 248 g/mol. The maximum Gasteiger partial charge on any atom is 0.137 e. The summed E-state index contributed by atoms with van der Waals surface area (Å²) in [5.41, 5.74) is 0.797. The van der Waals surface area contributed by atoms with Crippen molar-refractivity contribution in [2.24, 2.45) is 0 Å². The zero-order valence-electron chi connectivity index (χ0n) is 8.54. The third-order valence-corrected chi connectivity index (χ3v) is 2.73. The molecule has 84 valence electrons. The lowest BCUT2D eigenvalue weighted by Crippen LogP contribution is -1.98. The normalized spacial score (nSPS) is 12.5. The highest BCUT2D eigenvalue weighted by Crippen LogP contribution is 2.29. The molecule has 1 aromatic rings. The molecule has 1 N–H and O–H groups in total. The Morgan fingerprint density at radius 1 is 1.47 bits per heavy atom. The quantitative estimate of drug-likeness (QED) is 0.810. The van der Waals surface area contributed by atoms with Crippen LogP contribution in [0.5, 0.6) is 5.75 Å². The van der Waals surface area contributed by atoms with Gasteiger partial charge in [-0.15, -0.1) is 11.6 Å². The number of methoxy groups -OCH3 is 1. The van der Waals surface area contributed by atoms with E-state index in [9.17, 15) is 5.11 Å². The van der Waals surface area contributed by atoms with Crippen molar-refractivity contribution in [1.82, 2.24) is 0 Å². The minimum absolute atomic E-state index is 0.507. The Morgan fingerprint density at radius 2 is 2.20 bits per heavy atom. The number of hydrogen-bond donors (Lipinski definition) is 1. The summed E-state index contributed by atoms with van der Waals surface area (Å²) >= 11 is 11.5. The number of benzene rings is 1. The van der Waals surface area contributed by atoms with Crippen LogP contribution in [-0.4, -0.2) is 18.1 Å². The van der Waals surface area contributed by atoms with E-state index in [1.54, 1.807) is 19.2 Å². The molecule has 0 radical (unpaired) electrons. The van der Waals surface area contributed by atoms with E-state index in [-0.39, 0.29) is 0 Å². The lowest BCUT2D eigenvalue weighted by atomic mass is 10.1. The lowest BCUT2D eigenvalue weighted by molar-refractivity contribution is 0.166. The lowest BCUT2D eigenvalue weighted by Gasteiger charge is -2.11. The van der Waals surface area contributed by atoms with Crippen LogP contribution in [0.1, 0.15) is 24.5 Å². The van der Waals surface area contributed by atoms with Crippen molar-refractivity contribution in [2.75, 3.05) is 13.0 Å². The summed E-state index contributed by atoms with van der Waals surface area (Å²) < 4.78 is 5.03. The summed E-state index contributed by atoms with van der Waals surface area (Å²) in [4.78, 5) is 0. The van der Waals surface area contributed by atoms with Crippen LogP contribution in [0.3, 0.4) is 0 Å². The van der Waals surface area contributed by atoms with Crippen molar-refractivity contribution >= 4 is 23.2 Å². The standard InChI is InChI=1S/C11H14Cl2O2/c1-15-11-5-4-8(7-9(11)13)10(14)3-2-6-12/h4-5,7,10,14H,2-3,6H2,1H3. The number of alkyl halides is 1. The highest BCUT2D eigenvalue weighted by molar-refractivity contribution is 6.32. The third-order valence-electron chi connectivity index (χ3n) is 2.17. The highest BCUT2D eigenvalue weighted by Gasteiger charge is 2.09. The van der Waals surface area contributed by atoms with Gasteiger partial charge in [-0.05, 0) is 30.5 Å². The van der Waals surface area contributed by atoms with Crippen molar-refractivity contribution in [3.8, 4) is 5.75 Å². The van der Waals surface area contributed by atoms with Crippen molar-refractivity contribution in [2.45, 2.75) is 18.9 Å². The zero-order chi connectivity index (χ0) is 11.3. The van der Waals surface area contributed by atoms with Gasteiger partial charge in [-0.1, -0.05) is 17.7 Å². The molecular weight excluding hydrogens is 235 g/mol. The smallest absolute Gasteiger partial charge is 0.137 e. The summed E-state index contributed by atoms with van der Waals surface area (Å²) in [6.45, 7) is 0. The Balaban J connectivity index is 2.73. The summed E-state index contributed by atoms with van der Waals surface area (Å²) in [5.74, 6) is 1.17. The van der Waals surface area contributed by atoms with Gasteiger partial charge in [0, 0.05) is 5.88 Å². The average molecular weight is 249 g/mol. The number of rotatable bonds is 5. The minimum atomic E-state index is -0.507. The molecule has 0 heterocycles. The van der Waals surface area contributed by atoms with Gasteiger partial charge in [0.1, 0.15) is 5.75 Å². The van der Waals surface area contributed by atoms with Crippen LogP contribution in [0.25, 0.3) is 0 Å². The molecule has 1 atom stereocenters. The Kier molecular flexibility index (Phi) is 5.23. The van der Waals surface area contributed by atoms with Crippen molar-refractivity contribution in [1.29, 1.82) is 0 Å². The third kappa shape index (κ3) is 3.56. The fourth-order valence-electron chi connectivity index (χ4n) is 1.33. The molecular formula is C11H14Cl2O2. The summed E-state index contributed by atoms with van der Waals surface area (Å²) in [7, 11) is 1.56. The van der Waals surface area contributed by atoms with Crippen molar-refractivity contribution in [3.63, 3.8) is 0 Å². The number of aliphatic hydroxyl groups is 1. The molecule has 0 aliphatic heterocycles. The van der Waals surface area contributed by atoms with Crippen LogP contribution in [0.2, 0.25) is 5.02 Å². The van der Waals surface area contributed by atoms with Crippen molar-refractivity contribution < 1.29 is 9.84 Å². The topological polar surface area (TPSA) is 29.5 Å². The Morgan fingerprint density at radius 3 is 2.73 bits per heavy atom. The molecule has 0 amide bonds. The molecule has 0 bridgehead atoms. The molecule has 2 nitrogen and oxygen atoms in total. The van der Waals surface area contributed by atoms with Crippen molar-refractivity contribution in [3.05, 3.63) is 28.8 Å². The van der Waals surface area contributed by atoms with Crippen LogP contribution in [0.15, 0.2) is 18.2 Å². The first-order valence-electron chi connectivity index (χ1n) is 4.76. The van der Waals surface area contributed by atoms with Gasteiger partial charge in [-0.2, -0.15) is 0 Å². The van der Waals surface area contributed by atoms with Gasteiger partial charge in [0.25, 0.3) is 0 Å². The highest BCUT2D eigenvalue weighted by atomic mass is 35.5. The molecule has 0 spiro atoms. The largest absolute Gasteiger partial charge is 0.495 e. The maximum absolute atomic E-state index is 9.78. The fourth-order valence-corrected chi connectivity index (χ4v) is 1.75. The predicted molar refractivity (Wildman–Crippen MR) is 62.9 cm³/mol. The number of hydrogen-bond acceptors (Lipinski definition) is 2. The van der Waals surface area contributed by atoms with Crippen LogP contribution in [-0.2, 0) is 0 Å². The Hall–Kier alpha value is -0.440. The SMILES string of the molecule is COc1ccc(C(O)CCCCl)cc1Cl. The van der Waals surface area contributed by atoms with Gasteiger partial charge >= 0.3 is 0 Å². The fraction of sp³-hybridized carbons (Fsp3) is 0.455. The predicted octanol–water partition coefficient (Wildman–Crippen LogP) is 3.40. The molecule has 4 heteroatoms. The van der Waals surface area contributed by atoms with Crippen LogP contribution in [0, 0.1) is 0 Å². The first-order chi connectivity index (χ1) is 7.19. The molecule has 0 aliphatic carbocycles. The van der Waals surface area contributed by atoms with Crippen LogP contribution >= 0.6 is 23.2 Å². The van der Waals surface area contributed by atoms with E-state index in [0.717, 1.165) is 12.0 Å². The molecule has 0 fully saturated rings. The molecule has 0 aromatic heterocycles. The second-order valence-corrected chi connectivity index (χ2v) is 4.03. The molecule has 0 aliphatic rings. The van der Waals surface area contributed by atoms with E-state index in [0.29, 0.717) is 23.1 Å². The number of ether oxygens (including phenoxy) is 1. The molecule has 15 heavy (non-hydrogen) atoms. The summed E-state index contributed by atoms with van der Waals surface area (Å²) in [6, 6.07) is 5.28. The first-order valence-corrected chi connectivity index (χ1v) is 5.67. The zero-order valence-corrected chi connectivity index (χ0v) is 10.1. The van der Waals surface area contributed by atoms with E-state index in [4.69, 9.17) is 27.9 Å². The maximum atomic E-state index is 9.78. The molecule has 1 unspecified atom stereocenters. The minimum Gasteiger partial charge on any atom is -0.495 e. The summed E-state index contributed by atoms with van der Waals surface area (Å²) in [5, 5.41) is 10.3. The Bertz CT molecular complexity index is 315. The van der Waals surface area contributed by atoms with E-state index in [2.05, 4.69) is 0 Å². The molecule has 0 saturated heterocycles. The Labute approximate surface area is 99.8 Å². The number of halogens is 2. The van der Waals surface area contributed by atoms with E-state index in [1.165, 1.54) is 0 Å². The number of aliphatic hydroxyl groups excluding tert-OH is 1. The van der Waals surface area contributed by atoms with Gasteiger partial charge in [-0.25, -0.2) is 0 Å². The van der Waals surface area contributed by atoms with E-state index in [1.807, 2.05) is 6.07 Å². The summed E-state index contributed by atoms with van der Waals surface area (Å²) in [6.07, 6.45) is 0.922. The van der Waals surface area contributed by atoms with Gasteiger partial charge in [-0.3, -0.25) is 0 Å². The van der Waals surface area contributed by atoms with E-state index >= 15 is 0 Å². The molecule has 0 saturated carbocycles. The van der Waals surface area contributed by atoms with Gasteiger partial charge in [0.05, 0.1) is 18.2 Å². The van der Waals surface area contributed by atoms with Gasteiger partial charge in [0.15, 0.2) is 0 Å². The molecule has 1 rings (SSSR count). The van der Waals surface area contributed by atoms with Crippen LogP contribution < -0.4 is 4.74 Å². The van der Waals surface area contributed by atoms with Gasteiger partial charge in [0.2, 0.25) is 0 Å². The van der Waals surface area contributed by atoms with Crippen LogP contribution in [0.4, 0.5) is 0 Å². The average Bonchev–Trinajstić information content (AvgIpc) is 2.25. The second kappa shape index (κ2) is 6.21. The van der Waals surface area contributed by atoms with Gasteiger partial charge < -0.3 is 9.84 Å². The first kappa shape index (κ1) is 12.6. The molecule has 1 aromatic carbocycles.